The van der Waals surface area contributed by atoms with Crippen LogP contribution in [0.4, 0.5) is 10.8 Å². The van der Waals surface area contributed by atoms with E-state index in [1.807, 2.05) is 49.4 Å². The fourth-order valence-electron chi connectivity index (χ4n) is 2.91. The average molecular weight is 405 g/mol. The molecule has 4 N–H and O–H groups in total. The lowest BCUT2D eigenvalue weighted by Gasteiger charge is -2.04. The summed E-state index contributed by atoms with van der Waals surface area (Å²) < 4.78 is 5.23. The average Bonchev–Trinajstić information content (AvgIpc) is 3.40. The first-order valence-corrected chi connectivity index (χ1v) is 9.75. The van der Waals surface area contributed by atoms with Crippen LogP contribution in [0.5, 0.6) is 5.75 Å². The lowest BCUT2D eigenvalue weighted by molar-refractivity contribution is 0.102. The molecule has 0 fully saturated rings. The maximum absolute atomic E-state index is 12.9. The van der Waals surface area contributed by atoms with Gasteiger partial charge in [0.1, 0.15) is 11.6 Å². The highest BCUT2D eigenvalue weighted by atomic mass is 32.1. The third kappa shape index (κ3) is 3.83. The minimum absolute atomic E-state index is 0.287. The van der Waals surface area contributed by atoms with Crippen molar-refractivity contribution in [3.05, 3.63) is 65.3 Å². The Morgan fingerprint density at radius 3 is 2.59 bits per heavy atom. The monoisotopic (exact) mass is 405 g/mol. The van der Waals surface area contributed by atoms with Crippen LogP contribution >= 0.6 is 11.3 Å². The number of aryl methyl sites for hydroxylation is 1. The number of hydrogen-bond acceptors (Lipinski definition) is 6. The van der Waals surface area contributed by atoms with Gasteiger partial charge in [0.25, 0.3) is 5.91 Å². The molecule has 4 rings (SSSR count). The molecule has 0 atom stereocenters. The SMILES string of the molecule is COc1ccc(-c2[nH]c(-c3ccc(N)c(C)c3)nc2C(=O)Nc2nccs2)cc1. The molecule has 2 heterocycles. The van der Waals surface area contributed by atoms with Crippen LogP contribution in [0, 0.1) is 6.92 Å². The first kappa shape index (κ1) is 18.7. The number of hydrogen-bond donors (Lipinski definition) is 3. The second-order valence-corrected chi connectivity index (χ2v) is 7.29. The summed E-state index contributed by atoms with van der Waals surface area (Å²) in [6.07, 6.45) is 1.64. The van der Waals surface area contributed by atoms with E-state index < -0.39 is 0 Å². The fraction of sp³-hybridized carbons (Fsp3) is 0.0952. The van der Waals surface area contributed by atoms with Crippen LogP contribution in [-0.4, -0.2) is 28.0 Å². The Morgan fingerprint density at radius 1 is 1.17 bits per heavy atom. The number of nitrogens with zero attached hydrogens (tertiary/aromatic N) is 2. The first-order valence-electron chi connectivity index (χ1n) is 8.87. The smallest absolute Gasteiger partial charge is 0.278 e. The highest BCUT2D eigenvalue weighted by Gasteiger charge is 2.21. The van der Waals surface area contributed by atoms with Gasteiger partial charge >= 0.3 is 0 Å². The summed E-state index contributed by atoms with van der Waals surface area (Å²) in [4.78, 5) is 24.9. The normalized spacial score (nSPS) is 10.7. The Kier molecular flexibility index (Phi) is 5.01. The molecule has 0 saturated carbocycles. The molecule has 0 radical (unpaired) electrons. The Labute approximate surface area is 171 Å². The second kappa shape index (κ2) is 7.76. The number of H-pyrrole nitrogens is 1. The van der Waals surface area contributed by atoms with Crippen LogP contribution < -0.4 is 15.8 Å². The van der Waals surface area contributed by atoms with Crippen molar-refractivity contribution in [3.63, 3.8) is 0 Å². The summed E-state index contributed by atoms with van der Waals surface area (Å²) in [5, 5.41) is 5.11. The van der Waals surface area contributed by atoms with Gasteiger partial charge in [-0.1, -0.05) is 0 Å². The maximum atomic E-state index is 12.9. The number of nitrogens with two attached hydrogens (primary N) is 1. The molecular formula is C21H19N5O2S. The van der Waals surface area contributed by atoms with E-state index in [-0.39, 0.29) is 11.6 Å². The van der Waals surface area contributed by atoms with Crippen molar-refractivity contribution >= 4 is 28.1 Å². The number of rotatable bonds is 5. The van der Waals surface area contributed by atoms with Crippen molar-refractivity contribution in [2.24, 2.45) is 0 Å². The number of nitrogen functional groups attached to an aromatic ring is 1. The Hall–Kier alpha value is -3.65. The number of imidazole rings is 1. The zero-order chi connectivity index (χ0) is 20.4. The van der Waals surface area contributed by atoms with Crippen molar-refractivity contribution in [1.29, 1.82) is 0 Å². The molecule has 146 valence electrons. The molecule has 4 aromatic rings. The number of nitrogens with one attached hydrogen (secondary N) is 2. The number of benzene rings is 2. The molecule has 0 aliphatic carbocycles. The highest BCUT2D eigenvalue weighted by Crippen LogP contribution is 2.29. The van der Waals surface area contributed by atoms with Gasteiger partial charge in [0.05, 0.1) is 12.8 Å². The minimum Gasteiger partial charge on any atom is -0.497 e. The van der Waals surface area contributed by atoms with Crippen molar-refractivity contribution in [2.45, 2.75) is 6.92 Å². The zero-order valence-corrected chi connectivity index (χ0v) is 16.7. The van der Waals surface area contributed by atoms with Gasteiger partial charge in [-0.2, -0.15) is 0 Å². The van der Waals surface area contributed by atoms with Gasteiger partial charge in [-0.25, -0.2) is 9.97 Å². The summed E-state index contributed by atoms with van der Waals surface area (Å²) in [7, 11) is 1.61. The topological polar surface area (TPSA) is 106 Å². The second-order valence-electron chi connectivity index (χ2n) is 6.40. The number of carbonyl (C=O) groups excluding carboxylic acids is 1. The molecule has 0 aliphatic heterocycles. The number of methoxy groups -OCH3 is 1. The Balaban J connectivity index is 1.78. The molecule has 0 saturated heterocycles. The maximum Gasteiger partial charge on any atom is 0.278 e. The van der Waals surface area contributed by atoms with E-state index in [2.05, 4.69) is 20.3 Å². The molecule has 29 heavy (non-hydrogen) atoms. The number of ether oxygens (including phenoxy) is 1. The van der Waals surface area contributed by atoms with Gasteiger partial charge in [-0.05, 0) is 55.0 Å². The summed E-state index contributed by atoms with van der Waals surface area (Å²) >= 11 is 1.35. The van der Waals surface area contributed by atoms with Crippen LogP contribution in [0.2, 0.25) is 0 Å². The van der Waals surface area contributed by atoms with E-state index >= 15 is 0 Å². The number of amides is 1. The number of carbonyl (C=O) groups is 1. The zero-order valence-electron chi connectivity index (χ0n) is 15.9. The molecular weight excluding hydrogens is 386 g/mol. The molecule has 2 aromatic heterocycles. The van der Waals surface area contributed by atoms with E-state index in [0.717, 1.165) is 22.4 Å². The summed E-state index contributed by atoms with van der Waals surface area (Å²) in [5.74, 6) is 0.986. The van der Waals surface area contributed by atoms with Crippen molar-refractivity contribution in [3.8, 4) is 28.4 Å². The Morgan fingerprint density at radius 2 is 1.93 bits per heavy atom. The largest absolute Gasteiger partial charge is 0.497 e. The van der Waals surface area contributed by atoms with E-state index in [0.29, 0.717) is 22.3 Å². The standard InChI is InChI=1S/C21H19N5O2S/c1-12-11-14(5-8-16(12)22)19-24-17(13-3-6-15(28-2)7-4-13)18(25-19)20(27)26-21-23-9-10-29-21/h3-11H,22H2,1-2H3,(H,24,25)(H,23,26,27). The lowest BCUT2D eigenvalue weighted by atomic mass is 10.1. The fourth-order valence-corrected chi connectivity index (χ4v) is 3.43. The van der Waals surface area contributed by atoms with Gasteiger partial charge in [0.15, 0.2) is 10.8 Å². The predicted octanol–water partition coefficient (Wildman–Crippen LogP) is 4.35. The summed E-state index contributed by atoms with van der Waals surface area (Å²) in [5.41, 5.74) is 10.2. The van der Waals surface area contributed by atoms with E-state index in [9.17, 15) is 4.79 Å². The summed E-state index contributed by atoms with van der Waals surface area (Å²) in [6.45, 7) is 1.93. The van der Waals surface area contributed by atoms with Crippen LogP contribution in [-0.2, 0) is 0 Å². The Bertz CT molecular complexity index is 1150. The third-order valence-corrected chi connectivity index (χ3v) is 5.18. The van der Waals surface area contributed by atoms with Gasteiger partial charge in [-0.3, -0.25) is 10.1 Å². The first-order chi connectivity index (χ1) is 14.0. The van der Waals surface area contributed by atoms with Gasteiger partial charge in [-0.15, -0.1) is 11.3 Å². The number of thiazole rings is 1. The van der Waals surface area contributed by atoms with Crippen molar-refractivity contribution < 1.29 is 9.53 Å². The van der Waals surface area contributed by atoms with Gasteiger partial charge < -0.3 is 15.5 Å². The van der Waals surface area contributed by atoms with Crippen molar-refractivity contribution in [1.82, 2.24) is 15.0 Å². The van der Waals surface area contributed by atoms with Crippen LogP contribution in [0.3, 0.4) is 0 Å². The molecule has 7 nitrogen and oxygen atoms in total. The molecule has 0 spiro atoms. The lowest BCUT2D eigenvalue weighted by Crippen LogP contribution is -2.13. The predicted molar refractivity (Wildman–Crippen MR) is 115 cm³/mol. The molecule has 0 unspecified atom stereocenters. The molecule has 2 aromatic carbocycles. The van der Waals surface area contributed by atoms with Crippen molar-refractivity contribution in [2.75, 3.05) is 18.2 Å². The van der Waals surface area contributed by atoms with E-state index in [1.165, 1.54) is 11.3 Å². The molecule has 0 bridgehead atoms. The molecule has 1 amide bonds. The van der Waals surface area contributed by atoms with Gasteiger partial charge in [0.2, 0.25) is 0 Å². The van der Waals surface area contributed by atoms with Gasteiger partial charge in [0, 0.05) is 28.4 Å². The molecule has 8 heteroatoms. The quantitative estimate of drug-likeness (QED) is 0.428. The number of aromatic nitrogens is 3. The summed E-state index contributed by atoms with van der Waals surface area (Å²) in [6, 6.07) is 13.1. The molecule has 0 aliphatic rings. The minimum atomic E-state index is -0.333. The van der Waals surface area contributed by atoms with E-state index in [1.54, 1.807) is 18.7 Å². The van der Waals surface area contributed by atoms with Crippen LogP contribution in [0.15, 0.2) is 54.0 Å². The number of anilines is 2. The van der Waals surface area contributed by atoms with Crippen LogP contribution in [0.1, 0.15) is 16.1 Å². The third-order valence-electron chi connectivity index (χ3n) is 4.49. The van der Waals surface area contributed by atoms with Crippen LogP contribution in [0.25, 0.3) is 22.6 Å². The van der Waals surface area contributed by atoms with E-state index in [4.69, 9.17) is 10.5 Å². The highest BCUT2D eigenvalue weighted by molar-refractivity contribution is 7.13. The number of aromatic amines is 1.